The van der Waals surface area contributed by atoms with E-state index in [1.54, 1.807) is 0 Å². The van der Waals surface area contributed by atoms with E-state index in [4.69, 9.17) is 41.9 Å². The zero-order valence-corrected chi connectivity index (χ0v) is 40.7. The normalized spacial score (nSPS) is 16.5. The van der Waals surface area contributed by atoms with Crippen LogP contribution in [0.15, 0.2) is 48.5 Å². The Morgan fingerprint density at radius 3 is 1.66 bits per heavy atom. The third-order valence-electron chi connectivity index (χ3n) is 8.01. The number of benzene rings is 2. The molecule has 0 bridgehead atoms. The second-order valence-corrected chi connectivity index (χ2v) is 38.3. The molecular formula is C41H82O10PS2Si5. The standard InChI is InChI=1S/C35H58O10PS2Si5.6CH4/c1-27(34(36)39-22-20-29-12-16-31(17-13-29)32-18-14-30(15-19-32)21-23-46(38)48-47)25-52(10,43-49(3)42-50(4,5)6)45-53(11,44-51(7,8)9)26-28(2)35(37)41-33-24-40-33;;;;;;/h12-19,27-28,33H,20-26H2,1-11H3;6*1H4. The molecule has 3 rings (SSSR count). The lowest BCUT2D eigenvalue weighted by atomic mass is 10.0. The Morgan fingerprint density at radius 1 is 0.763 bits per heavy atom. The van der Waals surface area contributed by atoms with Gasteiger partial charge in [-0.3, -0.25) is 9.59 Å². The van der Waals surface area contributed by atoms with Crippen molar-refractivity contribution in [2.24, 2.45) is 11.8 Å². The molecule has 1 aliphatic heterocycles. The van der Waals surface area contributed by atoms with Crippen LogP contribution in [-0.4, -0.2) is 80.6 Å². The molecule has 343 valence electrons. The van der Waals surface area contributed by atoms with Crippen LogP contribution < -0.4 is 4.89 Å². The van der Waals surface area contributed by atoms with E-state index >= 15 is 0 Å². The van der Waals surface area contributed by atoms with Crippen molar-refractivity contribution in [2.45, 2.75) is 149 Å². The fourth-order valence-electron chi connectivity index (χ4n) is 6.10. The minimum absolute atomic E-state index is 0. The summed E-state index contributed by atoms with van der Waals surface area (Å²) in [5.74, 6) is -1.60. The molecule has 1 saturated heterocycles. The van der Waals surface area contributed by atoms with Crippen molar-refractivity contribution in [3.63, 3.8) is 0 Å². The molecular weight excluding hydrogens is 888 g/mol. The van der Waals surface area contributed by atoms with E-state index in [1.807, 2.05) is 33.5 Å². The average Bonchev–Trinajstić information content (AvgIpc) is 3.85. The van der Waals surface area contributed by atoms with Gasteiger partial charge in [-0.15, -0.1) is 0 Å². The Kier molecular flexibility index (Phi) is 31.3. The van der Waals surface area contributed by atoms with Crippen LogP contribution in [0.3, 0.4) is 0 Å². The molecule has 0 aliphatic carbocycles. The van der Waals surface area contributed by atoms with Crippen LogP contribution in [0.2, 0.25) is 71.0 Å². The van der Waals surface area contributed by atoms with Gasteiger partial charge in [0.05, 0.1) is 18.4 Å². The summed E-state index contributed by atoms with van der Waals surface area (Å²) in [4.78, 5) is 38.0. The third kappa shape index (κ3) is 25.0. The van der Waals surface area contributed by atoms with E-state index in [1.165, 1.54) is 0 Å². The number of epoxide rings is 1. The predicted octanol–water partition coefficient (Wildman–Crippen LogP) is 11.2. The van der Waals surface area contributed by atoms with Gasteiger partial charge in [0.25, 0.3) is 0 Å². The number of ether oxygens (including phenoxy) is 3. The van der Waals surface area contributed by atoms with Crippen LogP contribution in [0.4, 0.5) is 0 Å². The summed E-state index contributed by atoms with van der Waals surface area (Å²) in [5.41, 5.74) is 4.39. The molecule has 1 radical (unpaired) electrons. The van der Waals surface area contributed by atoms with Crippen LogP contribution in [0.5, 0.6) is 0 Å². The Balaban J connectivity index is -0.00000252. The smallest absolute Gasteiger partial charge is 0.360 e. The first-order valence-electron chi connectivity index (χ1n) is 18.1. The highest BCUT2D eigenvalue weighted by Crippen LogP contribution is 2.33. The molecule has 6 atom stereocenters. The Bertz CT molecular complexity index is 1570. The molecule has 0 amide bonds. The van der Waals surface area contributed by atoms with E-state index in [-0.39, 0.29) is 63.1 Å². The van der Waals surface area contributed by atoms with Crippen LogP contribution in [0.1, 0.15) is 69.5 Å². The first-order chi connectivity index (χ1) is 24.6. The van der Waals surface area contributed by atoms with Gasteiger partial charge in [-0.25, -0.2) is 0 Å². The van der Waals surface area contributed by atoms with Crippen molar-refractivity contribution in [1.29, 1.82) is 0 Å². The number of aryl methyl sites for hydroxylation is 1. The van der Waals surface area contributed by atoms with Crippen molar-refractivity contribution in [1.82, 2.24) is 0 Å². The molecule has 1 fully saturated rings. The lowest BCUT2D eigenvalue weighted by Crippen LogP contribution is -2.59. The SMILES string of the molecule is C.C.C.C.C.C.CC(C[Si](C)(O[Si](C)O[Si](C)(C)C)O[Si](C)(CC(C)C(=O)OC1CO1)O[Si](C)(C)C)C(=O)OCCc1ccc(-c2ccc(CC[P+]([O-])=S=S)cc2)cc1. The van der Waals surface area contributed by atoms with Gasteiger partial charge in [0, 0.05) is 36.1 Å². The molecule has 2 aromatic carbocycles. The Hall–Kier alpha value is -1.04. The molecule has 6 unspecified atom stereocenters. The Labute approximate surface area is 376 Å². The zero-order chi connectivity index (χ0) is 39.6. The van der Waals surface area contributed by atoms with Crippen molar-refractivity contribution in [3.05, 3.63) is 59.7 Å². The summed E-state index contributed by atoms with van der Waals surface area (Å²) in [5, 5.41) is 0. The second kappa shape index (κ2) is 28.6. The number of carbonyl (C=O) groups is 2. The maximum Gasteiger partial charge on any atom is 0.360 e. The number of hydrogen-bond donors (Lipinski definition) is 0. The van der Waals surface area contributed by atoms with Crippen molar-refractivity contribution < 1.29 is 45.2 Å². The van der Waals surface area contributed by atoms with Crippen molar-refractivity contribution in [3.8, 4) is 11.1 Å². The summed E-state index contributed by atoms with van der Waals surface area (Å²) < 4.78 is 43.3. The summed E-state index contributed by atoms with van der Waals surface area (Å²) >= 11 is 4.82. The third-order valence-corrected chi connectivity index (χ3v) is 28.1. The van der Waals surface area contributed by atoms with Crippen LogP contribution in [-0.2, 0) is 73.8 Å². The molecule has 0 N–H and O–H groups in total. The Morgan fingerprint density at radius 2 is 1.22 bits per heavy atom. The number of rotatable bonds is 22. The summed E-state index contributed by atoms with van der Waals surface area (Å²) in [6, 6.07) is 17.3. The minimum Gasteiger partial charge on any atom is -0.620 e. The van der Waals surface area contributed by atoms with Crippen molar-refractivity contribution in [2.75, 3.05) is 19.4 Å². The molecule has 18 heteroatoms. The maximum absolute atomic E-state index is 13.4. The molecule has 10 nitrogen and oxygen atoms in total. The van der Waals surface area contributed by atoms with Gasteiger partial charge in [0.15, 0.2) is 16.6 Å². The van der Waals surface area contributed by atoms with E-state index < -0.39 is 68.1 Å². The second-order valence-electron chi connectivity index (χ2n) is 16.0. The number of carbonyl (C=O) groups excluding carboxylic acids is 2. The summed E-state index contributed by atoms with van der Waals surface area (Å²) in [6.07, 6.45) is 1.44. The number of hydrogen-bond acceptors (Lipinski definition) is 11. The summed E-state index contributed by atoms with van der Waals surface area (Å²) in [7, 11) is -11.0. The molecule has 59 heavy (non-hydrogen) atoms. The van der Waals surface area contributed by atoms with Gasteiger partial charge < -0.3 is 35.6 Å². The molecule has 0 spiro atoms. The highest BCUT2D eigenvalue weighted by atomic mass is 32.9. The minimum atomic E-state index is -3.15. The van der Waals surface area contributed by atoms with E-state index in [0.717, 1.165) is 38.2 Å². The van der Waals surface area contributed by atoms with Gasteiger partial charge >= 0.3 is 38.3 Å². The quantitative estimate of drug-likeness (QED) is 0.0485. The van der Waals surface area contributed by atoms with Crippen LogP contribution >= 0.6 is 6.92 Å². The average molecular weight is 971 g/mol. The first kappa shape index (κ1) is 64.6. The van der Waals surface area contributed by atoms with Gasteiger partial charge in [0.1, 0.15) is 29.2 Å². The van der Waals surface area contributed by atoms with Gasteiger partial charge in [-0.1, -0.05) is 107 Å². The van der Waals surface area contributed by atoms with Crippen LogP contribution in [0, 0.1) is 11.8 Å². The van der Waals surface area contributed by atoms with Gasteiger partial charge in [0.2, 0.25) is 6.29 Å². The molecule has 1 heterocycles. The molecule has 0 aromatic heterocycles. The maximum atomic E-state index is 13.4. The zero-order valence-electron chi connectivity index (χ0n) is 33.1. The topological polar surface area (TPSA) is 125 Å². The highest BCUT2D eigenvalue weighted by molar-refractivity contribution is 8.33. The van der Waals surface area contributed by atoms with Crippen LogP contribution in [0.25, 0.3) is 11.1 Å². The summed E-state index contributed by atoms with van der Waals surface area (Å²) in [6.45, 7) is 21.6. The highest BCUT2D eigenvalue weighted by Gasteiger charge is 2.49. The van der Waals surface area contributed by atoms with E-state index in [2.05, 4.69) is 87.8 Å². The fraction of sp³-hybridized carbons (Fsp3) is 0.659. The van der Waals surface area contributed by atoms with E-state index in [9.17, 15) is 14.5 Å². The van der Waals surface area contributed by atoms with E-state index in [0.29, 0.717) is 31.3 Å². The number of esters is 2. The fourth-order valence-corrected chi connectivity index (χ4v) is 28.0. The first-order valence-corrected chi connectivity index (χ1v) is 35.6. The lowest BCUT2D eigenvalue weighted by molar-refractivity contribution is -0.153. The molecule has 0 saturated carbocycles. The monoisotopic (exact) mass is 969 g/mol. The molecule has 2 aromatic rings. The largest absolute Gasteiger partial charge is 0.620 e. The van der Waals surface area contributed by atoms with Gasteiger partial charge in [-0.05, 0) is 81.2 Å². The predicted molar refractivity (Wildman–Crippen MR) is 267 cm³/mol. The van der Waals surface area contributed by atoms with Crippen molar-refractivity contribution >= 4 is 82.6 Å². The molecule has 1 aliphatic rings. The lowest BCUT2D eigenvalue weighted by Gasteiger charge is -2.42. The van der Waals surface area contributed by atoms with Gasteiger partial charge in [-0.2, -0.15) is 0 Å².